The summed E-state index contributed by atoms with van der Waals surface area (Å²) >= 11 is 11.9. The van der Waals surface area contributed by atoms with Crippen LogP contribution < -0.4 is 0 Å². The molecule has 2 N–H and O–H groups in total. The molecule has 0 aliphatic carbocycles. The molecular weight excluding hydrogens is 463 g/mol. The monoisotopic (exact) mass is 483 g/mol. The van der Waals surface area contributed by atoms with E-state index in [1.165, 1.54) is 25.1 Å². The van der Waals surface area contributed by atoms with E-state index in [2.05, 4.69) is 0 Å². The number of hydrogen-bond donors (Lipinski definition) is 2. The maximum Gasteiger partial charge on any atom is 0.311 e. The number of nitrogens with zero attached hydrogens (tertiary/aromatic N) is 1. The van der Waals surface area contributed by atoms with E-state index in [-0.39, 0.29) is 50.1 Å². The second kappa shape index (κ2) is 9.08. The van der Waals surface area contributed by atoms with Crippen molar-refractivity contribution in [2.75, 3.05) is 0 Å². The molecule has 0 bridgehead atoms. The highest BCUT2D eigenvalue weighted by Gasteiger charge is 2.33. The number of carbonyl (C=O) groups is 2. The zero-order chi connectivity index (χ0) is 23.9. The molecule has 3 aromatic rings. The Morgan fingerprint density at radius 1 is 1.16 bits per heavy atom. The molecule has 0 fully saturated rings. The van der Waals surface area contributed by atoms with E-state index < -0.39 is 35.2 Å². The molecule has 170 valence electrons. The second-order valence-corrected chi connectivity index (χ2v) is 8.64. The van der Waals surface area contributed by atoms with Crippen LogP contribution >= 0.6 is 23.2 Å². The zero-order valence-electron chi connectivity index (χ0n) is 17.5. The number of aromatic nitrogens is 1. The van der Waals surface area contributed by atoms with Crippen LogP contribution in [0.5, 0.6) is 5.75 Å². The minimum atomic E-state index is -1.31. The molecule has 0 amide bonds. The number of aromatic hydroxyl groups is 1. The molecule has 32 heavy (non-hydrogen) atoms. The first-order valence-corrected chi connectivity index (χ1v) is 10.7. The molecule has 0 aliphatic rings. The lowest BCUT2D eigenvalue weighted by atomic mass is 9.86. The number of halogens is 4. The van der Waals surface area contributed by atoms with Crippen molar-refractivity contribution in [2.24, 2.45) is 5.92 Å². The summed E-state index contributed by atoms with van der Waals surface area (Å²) in [5.74, 6) is -6.88. The van der Waals surface area contributed by atoms with Crippen LogP contribution in [-0.4, -0.2) is 26.7 Å². The van der Waals surface area contributed by atoms with Crippen molar-refractivity contribution in [3.05, 3.63) is 62.8 Å². The minimum absolute atomic E-state index is 0.0169. The van der Waals surface area contributed by atoms with Gasteiger partial charge in [-0.2, -0.15) is 0 Å². The SMILES string of the molecule is CCC(C)C[C@@H](C(=O)O)c1c(C)n(C(=O)c2ccc(Cl)c(Cl)c2)c2cc(F)c(O)c(F)c12. The number of fused-ring (bicyclic) bond motifs is 1. The van der Waals surface area contributed by atoms with Gasteiger partial charge in [-0.3, -0.25) is 14.2 Å². The fraction of sp³-hybridized carbons (Fsp3) is 0.304. The van der Waals surface area contributed by atoms with Gasteiger partial charge in [0.25, 0.3) is 5.91 Å². The molecule has 3 rings (SSSR count). The predicted octanol–water partition coefficient (Wildman–Crippen LogP) is 6.53. The highest BCUT2D eigenvalue weighted by atomic mass is 35.5. The number of phenolic OH excluding ortho intramolecular Hbond substituents is 1. The van der Waals surface area contributed by atoms with Gasteiger partial charge in [-0.15, -0.1) is 0 Å². The van der Waals surface area contributed by atoms with Crippen LogP contribution in [0.4, 0.5) is 8.78 Å². The van der Waals surface area contributed by atoms with Gasteiger partial charge in [-0.05, 0) is 43.0 Å². The van der Waals surface area contributed by atoms with Gasteiger partial charge < -0.3 is 10.2 Å². The molecule has 0 radical (unpaired) electrons. The Balaban J connectivity index is 2.37. The third kappa shape index (κ3) is 4.07. The van der Waals surface area contributed by atoms with Gasteiger partial charge in [0.1, 0.15) is 0 Å². The quantitative estimate of drug-likeness (QED) is 0.417. The van der Waals surface area contributed by atoms with Crippen molar-refractivity contribution in [1.82, 2.24) is 4.57 Å². The molecule has 1 unspecified atom stereocenters. The van der Waals surface area contributed by atoms with E-state index in [0.717, 1.165) is 10.6 Å². The topological polar surface area (TPSA) is 79.5 Å². The maximum absolute atomic E-state index is 15.1. The average molecular weight is 484 g/mol. The summed E-state index contributed by atoms with van der Waals surface area (Å²) in [5.41, 5.74) is 0.0649. The number of rotatable bonds is 6. The van der Waals surface area contributed by atoms with Crippen molar-refractivity contribution in [3.63, 3.8) is 0 Å². The van der Waals surface area contributed by atoms with Crippen LogP contribution in [0.15, 0.2) is 24.3 Å². The standard InChI is InChI=1S/C23H21Cl2F2NO4/c1-4-10(2)7-13(23(31)32)18-11(3)28(17-9-16(26)21(29)20(27)19(17)18)22(30)12-5-6-14(24)15(25)8-12/h5-6,8-10,13,29H,4,7H2,1-3H3,(H,31,32)/t10?,13-/m1/s1. The van der Waals surface area contributed by atoms with Crippen molar-refractivity contribution >= 4 is 46.0 Å². The number of carboxylic acid groups (broad SMARTS) is 1. The lowest BCUT2D eigenvalue weighted by Crippen LogP contribution is -2.18. The van der Waals surface area contributed by atoms with E-state index in [4.69, 9.17) is 23.2 Å². The summed E-state index contributed by atoms with van der Waals surface area (Å²) in [5, 5.41) is 19.8. The Morgan fingerprint density at radius 2 is 1.81 bits per heavy atom. The van der Waals surface area contributed by atoms with Crippen LogP contribution in [0.2, 0.25) is 10.0 Å². The number of benzene rings is 2. The number of phenols is 1. The van der Waals surface area contributed by atoms with Crippen LogP contribution in [0.25, 0.3) is 10.9 Å². The minimum Gasteiger partial charge on any atom is -0.503 e. The van der Waals surface area contributed by atoms with E-state index in [1.54, 1.807) is 0 Å². The Morgan fingerprint density at radius 3 is 2.38 bits per heavy atom. The fourth-order valence-electron chi connectivity index (χ4n) is 3.87. The zero-order valence-corrected chi connectivity index (χ0v) is 19.1. The number of carbonyl (C=O) groups excluding carboxylic acids is 1. The summed E-state index contributed by atoms with van der Waals surface area (Å²) in [4.78, 5) is 25.5. The van der Waals surface area contributed by atoms with Gasteiger partial charge in [0, 0.05) is 22.7 Å². The molecule has 0 spiro atoms. The first kappa shape index (κ1) is 24.0. The molecule has 2 atom stereocenters. The van der Waals surface area contributed by atoms with E-state index in [1.807, 2.05) is 13.8 Å². The molecule has 1 aromatic heterocycles. The summed E-state index contributed by atoms with van der Waals surface area (Å²) in [7, 11) is 0. The van der Waals surface area contributed by atoms with Gasteiger partial charge in [-0.25, -0.2) is 8.78 Å². The van der Waals surface area contributed by atoms with E-state index >= 15 is 4.39 Å². The van der Waals surface area contributed by atoms with Crippen molar-refractivity contribution in [2.45, 2.75) is 39.5 Å². The van der Waals surface area contributed by atoms with Gasteiger partial charge in [0.2, 0.25) is 0 Å². The number of hydrogen-bond acceptors (Lipinski definition) is 3. The van der Waals surface area contributed by atoms with E-state index in [0.29, 0.717) is 6.42 Å². The first-order valence-electron chi connectivity index (χ1n) is 9.93. The number of aliphatic carboxylic acids is 1. The van der Waals surface area contributed by atoms with Crippen LogP contribution in [-0.2, 0) is 4.79 Å². The van der Waals surface area contributed by atoms with Crippen molar-refractivity contribution in [3.8, 4) is 5.75 Å². The van der Waals surface area contributed by atoms with E-state index in [9.17, 15) is 24.2 Å². The summed E-state index contributed by atoms with van der Waals surface area (Å²) in [6, 6.07) is 4.96. The highest BCUT2D eigenvalue weighted by Crippen LogP contribution is 2.41. The summed E-state index contributed by atoms with van der Waals surface area (Å²) < 4.78 is 30.4. The number of carboxylic acids is 1. The Labute approximate surface area is 193 Å². The van der Waals surface area contributed by atoms with Crippen molar-refractivity contribution in [1.29, 1.82) is 0 Å². The van der Waals surface area contributed by atoms with Gasteiger partial charge in [-0.1, -0.05) is 43.5 Å². The smallest absolute Gasteiger partial charge is 0.311 e. The van der Waals surface area contributed by atoms with Crippen molar-refractivity contribution < 1.29 is 28.6 Å². The lowest BCUT2D eigenvalue weighted by molar-refractivity contribution is -0.139. The summed E-state index contributed by atoms with van der Waals surface area (Å²) in [6.07, 6.45) is 0.858. The molecule has 1 heterocycles. The van der Waals surface area contributed by atoms with Crippen LogP contribution in [0, 0.1) is 24.5 Å². The Hall–Kier alpha value is -2.64. The normalized spacial score (nSPS) is 13.3. The maximum atomic E-state index is 15.1. The van der Waals surface area contributed by atoms with Crippen LogP contribution in [0.1, 0.15) is 54.2 Å². The van der Waals surface area contributed by atoms with Gasteiger partial charge in [0.05, 0.1) is 21.5 Å². The molecule has 0 saturated carbocycles. The van der Waals surface area contributed by atoms with Gasteiger partial charge in [0.15, 0.2) is 17.4 Å². The Kier molecular flexibility index (Phi) is 6.81. The lowest BCUT2D eigenvalue weighted by Gasteiger charge is -2.18. The average Bonchev–Trinajstić information content (AvgIpc) is 3.02. The second-order valence-electron chi connectivity index (χ2n) is 7.82. The first-order chi connectivity index (χ1) is 15.0. The fourth-order valence-corrected chi connectivity index (χ4v) is 4.17. The summed E-state index contributed by atoms with van der Waals surface area (Å²) in [6.45, 7) is 5.22. The largest absolute Gasteiger partial charge is 0.503 e. The van der Waals surface area contributed by atoms with Gasteiger partial charge >= 0.3 is 5.97 Å². The predicted molar refractivity (Wildman–Crippen MR) is 119 cm³/mol. The molecule has 9 heteroatoms. The molecule has 2 aromatic carbocycles. The third-order valence-electron chi connectivity index (χ3n) is 5.76. The third-order valence-corrected chi connectivity index (χ3v) is 6.50. The highest BCUT2D eigenvalue weighted by molar-refractivity contribution is 6.42. The molecule has 0 aliphatic heterocycles. The Bertz CT molecular complexity index is 1240. The molecule has 5 nitrogen and oxygen atoms in total. The molecule has 0 saturated heterocycles. The molecular formula is C23H21Cl2F2NO4. The van der Waals surface area contributed by atoms with Crippen LogP contribution in [0.3, 0.4) is 0 Å².